The minimum atomic E-state index is -4.74. The summed E-state index contributed by atoms with van der Waals surface area (Å²) in [5.74, 6) is 1.18. The van der Waals surface area contributed by atoms with Gasteiger partial charge in [0, 0.05) is 11.7 Å². The summed E-state index contributed by atoms with van der Waals surface area (Å²) in [5.41, 5.74) is 1.01. The maximum absolute atomic E-state index is 12.3. The van der Waals surface area contributed by atoms with Crippen LogP contribution in [0, 0.1) is 5.92 Å². The Bertz CT molecular complexity index is 960. The van der Waals surface area contributed by atoms with E-state index in [1.807, 2.05) is 0 Å². The highest BCUT2D eigenvalue weighted by atomic mass is 19.4. The summed E-state index contributed by atoms with van der Waals surface area (Å²) in [6, 6.07) is 5.59. The lowest BCUT2D eigenvalue weighted by Crippen LogP contribution is -2.18. The first kappa shape index (κ1) is 18.3. The van der Waals surface area contributed by atoms with Crippen molar-refractivity contribution in [1.82, 2.24) is 20.3 Å². The first-order valence-corrected chi connectivity index (χ1v) is 8.75. The topological polar surface area (TPSA) is 98.0 Å². The minimum Gasteiger partial charge on any atom is -0.406 e. The molecule has 1 fully saturated rings. The van der Waals surface area contributed by atoms with Gasteiger partial charge in [0.1, 0.15) is 5.75 Å². The molecule has 0 saturated heterocycles. The SMILES string of the molecule is CC1CCC(Nc2nc3nonc3nc2Nc2ccc(OC(F)(F)F)cc2)C1. The lowest BCUT2D eigenvalue weighted by atomic mass is 10.1. The van der Waals surface area contributed by atoms with Crippen LogP contribution in [0.5, 0.6) is 5.75 Å². The van der Waals surface area contributed by atoms with Gasteiger partial charge in [-0.2, -0.15) is 0 Å². The zero-order valence-corrected chi connectivity index (χ0v) is 14.8. The van der Waals surface area contributed by atoms with Gasteiger partial charge in [0.15, 0.2) is 11.6 Å². The second-order valence-electron chi connectivity index (χ2n) is 6.79. The molecule has 1 aliphatic rings. The molecule has 2 aromatic heterocycles. The molecule has 2 heterocycles. The summed E-state index contributed by atoms with van der Waals surface area (Å²) in [4.78, 5) is 8.77. The number of fused-ring (bicyclic) bond motifs is 1. The van der Waals surface area contributed by atoms with Gasteiger partial charge in [0.2, 0.25) is 11.3 Å². The maximum atomic E-state index is 12.3. The van der Waals surface area contributed by atoms with E-state index in [0.29, 0.717) is 23.2 Å². The summed E-state index contributed by atoms with van der Waals surface area (Å²) < 4.78 is 45.4. The largest absolute Gasteiger partial charge is 0.573 e. The lowest BCUT2D eigenvalue weighted by molar-refractivity contribution is -0.274. The van der Waals surface area contributed by atoms with Crippen LogP contribution in [-0.4, -0.2) is 32.7 Å². The molecule has 2 atom stereocenters. The third-order valence-electron chi connectivity index (χ3n) is 4.50. The molecular formula is C17H17F3N6O2. The average molecular weight is 394 g/mol. The van der Waals surface area contributed by atoms with Gasteiger partial charge in [-0.05, 0) is 59.8 Å². The normalized spacial score (nSPS) is 19.7. The zero-order chi connectivity index (χ0) is 19.7. The van der Waals surface area contributed by atoms with E-state index in [2.05, 4.69) is 47.2 Å². The van der Waals surface area contributed by atoms with Gasteiger partial charge in [0.05, 0.1) is 0 Å². The van der Waals surface area contributed by atoms with E-state index in [1.54, 1.807) is 0 Å². The summed E-state index contributed by atoms with van der Waals surface area (Å²) in [5, 5.41) is 13.8. The first-order valence-electron chi connectivity index (χ1n) is 8.75. The molecule has 2 N–H and O–H groups in total. The van der Waals surface area contributed by atoms with Gasteiger partial charge in [0.25, 0.3) is 0 Å². The van der Waals surface area contributed by atoms with Crippen molar-refractivity contribution < 1.29 is 22.5 Å². The average Bonchev–Trinajstić information content (AvgIpc) is 3.24. The number of ether oxygens (including phenoxy) is 1. The van der Waals surface area contributed by atoms with Crippen LogP contribution >= 0.6 is 0 Å². The van der Waals surface area contributed by atoms with E-state index in [9.17, 15) is 13.2 Å². The van der Waals surface area contributed by atoms with Gasteiger partial charge in [-0.15, -0.1) is 13.2 Å². The van der Waals surface area contributed by atoms with Crippen LogP contribution in [0.4, 0.5) is 30.5 Å². The number of anilines is 3. The third-order valence-corrected chi connectivity index (χ3v) is 4.50. The molecule has 1 saturated carbocycles. The van der Waals surface area contributed by atoms with E-state index in [4.69, 9.17) is 0 Å². The number of hydrogen-bond acceptors (Lipinski definition) is 8. The summed E-state index contributed by atoms with van der Waals surface area (Å²) in [7, 11) is 0. The Kier molecular flexibility index (Phi) is 4.65. The summed E-state index contributed by atoms with van der Waals surface area (Å²) in [6.07, 6.45) is -1.58. The summed E-state index contributed by atoms with van der Waals surface area (Å²) >= 11 is 0. The van der Waals surface area contributed by atoms with Gasteiger partial charge >= 0.3 is 6.36 Å². The van der Waals surface area contributed by atoms with Crippen LogP contribution in [0.2, 0.25) is 0 Å². The van der Waals surface area contributed by atoms with Crippen molar-refractivity contribution in [2.45, 2.75) is 38.6 Å². The Hall–Kier alpha value is -3.11. The van der Waals surface area contributed by atoms with Gasteiger partial charge in [-0.3, -0.25) is 0 Å². The molecule has 28 heavy (non-hydrogen) atoms. The third kappa shape index (κ3) is 4.24. The van der Waals surface area contributed by atoms with Gasteiger partial charge in [-0.1, -0.05) is 6.92 Å². The molecule has 4 rings (SSSR count). The Morgan fingerprint density at radius 3 is 2.32 bits per heavy atom. The van der Waals surface area contributed by atoms with Crippen molar-refractivity contribution in [3.8, 4) is 5.75 Å². The smallest absolute Gasteiger partial charge is 0.406 e. The van der Waals surface area contributed by atoms with Crippen molar-refractivity contribution in [3.05, 3.63) is 24.3 Å². The molecule has 0 aliphatic heterocycles. The van der Waals surface area contributed by atoms with Crippen molar-refractivity contribution in [2.24, 2.45) is 5.92 Å². The van der Waals surface area contributed by atoms with Crippen LogP contribution in [-0.2, 0) is 0 Å². The fourth-order valence-corrected chi connectivity index (χ4v) is 3.23. The van der Waals surface area contributed by atoms with Crippen molar-refractivity contribution in [3.63, 3.8) is 0 Å². The monoisotopic (exact) mass is 394 g/mol. The number of nitrogens with zero attached hydrogens (tertiary/aromatic N) is 4. The second kappa shape index (κ2) is 7.13. The fourth-order valence-electron chi connectivity index (χ4n) is 3.23. The lowest BCUT2D eigenvalue weighted by Gasteiger charge is -2.16. The molecular weight excluding hydrogens is 377 g/mol. The predicted octanol–water partition coefficient (Wildman–Crippen LogP) is 4.26. The molecule has 1 aliphatic carbocycles. The van der Waals surface area contributed by atoms with E-state index >= 15 is 0 Å². The van der Waals surface area contributed by atoms with E-state index in [-0.39, 0.29) is 23.1 Å². The number of hydrogen-bond donors (Lipinski definition) is 2. The molecule has 0 amide bonds. The fraction of sp³-hybridized carbons (Fsp3) is 0.412. The molecule has 0 spiro atoms. The minimum absolute atomic E-state index is 0.227. The highest BCUT2D eigenvalue weighted by molar-refractivity contribution is 5.76. The van der Waals surface area contributed by atoms with Gasteiger partial charge in [-0.25, -0.2) is 14.6 Å². The van der Waals surface area contributed by atoms with Crippen LogP contribution in [0.15, 0.2) is 28.9 Å². The number of nitrogens with one attached hydrogen (secondary N) is 2. The Morgan fingerprint density at radius 2 is 1.71 bits per heavy atom. The molecule has 3 aromatic rings. The van der Waals surface area contributed by atoms with Gasteiger partial charge < -0.3 is 15.4 Å². The highest BCUT2D eigenvalue weighted by Gasteiger charge is 2.31. The Balaban J connectivity index is 1.57. The number of alkyl halides is 3. The first-order chi connectivity index (χ1) is 13.4. The number of rotatable bonds is 5. The Labute approximate surface area is 157 Å². The molecule has 0 radical (unpaired) electrons. The summed E-state index contributed by atoms with van der Waals surface area (Å²) in [6.45, 7) is 2.20. The molecule has 2 unspecified atom stereocenters. The molecule has 148 valence electrons. The van der Waals surface area contributed by atoms with Crippen LogP contribution in [0.25, 0.3) is 11.3 Å². The number of halogens is 3. The van der Waals surface area contributed by atoms with E-state index in [1.165, 1.54) is 24.3 Å². The van der Waals surface area contributed by atoms with Crippen molar-refractivity contribution >= 4 is 28.6 Å². The Morgan fingerprint density at radius 1 is 1.04 bits per heavy atom. The molecule has 11 heteroatoms. The highest BCUT2D eigenvalue weighted by Crippen LogP contribution is 2.31. The van der Waals surface area contributed by atoms with Crippen LogP contribution < -0.4 is 15.4 Å². The van der Waals surface area contributed by atoms with E-state index in [0.717, 1.165) is 19.3 Å². The molecule has 1 aromatic carbocycles. The predicted molar refractivity (Wildman–Crippen MR) is 94.2 cm³/mol. The van der Waals surface area contributed by atoms with Crippen molar-refractivity contribution in [1.29, 1.82) is 0 Å². The van der Waals surface area contributed by atoms with Crippen LogP contribution in [0.1, 0.15) is 26.2 Å². The second-order valence-corrected chi connectivity index (χ2v) is 6.79. The maximum Gasteiger partial charge on any atom is 0.573 e. The zero-order valence-electron chi connectivity index (χ0n) is 14.8. The van der Waals surface area contributed by atoms with Crippen LogP contribution in [0.3, 0.4) is 0 Å². The van der Waals surface area contributed by atoms with E-state index < -0.39 is 6.36 Å². The van der Waals surface area contributed by atoms with Crippen molar-refractivity contribution in [2.75, 3.05) is 10.6 Å². The molecule has 0 bridgehead atoms. The number of aromatic nitrogens is 4. The number of benzene rings is 1. The molecule has 8 nitrogen and oxygen atoms in total. The quantitative estimate of drug-likeness (QED) is 0.663. The standard InChI is InChI=1S/C17H17F3N6O2/c1-9-2-3-11(8-9)22-14-13(23-15-16(24-14)26-28-25-15)21-10-4-6-12(7-5-10)27-17(18,19)20/h4-7,9,11H,2-3,8H2,1H3,(H,21,23,25)(H,22,24,26).